The highest BCUT2D eigenvalue weighted by Crippen LogP contribution is 2.67. The smallest absolute Gasteiger partial charge is 0.305 e. The number of hydrogen-bond donors (Lipinski definition) is 0. The van der Waals surface area contributed by atoms with Gasteiger partial charge in [0.2, 0.25) is 0 Å². The first kappa shape index (κ1) is 23.5. The van der Waals surface area contributed by atoms with Crippen LogP contribution in [0.5, 0.6) is 0 Å². The Morgan fingerprint density at radius 2 is 1.84 bits per heavy atom. The fraction of sp³-hybridized carbons (Fsp3) is 0.815. The van der Waals surface area contributed by atoms with Crippen LogP contribution in [0.2, 0.25) is 0 Å². The molecule has 0 aromatic rings. The SMILES string of the molecule is COC(=O)CC[C@@H](C)[C@H]1CC[C@H]2[C@@H]3CC[C@]4(OC(C)=O)CCCC[C@]4(C)C3=CC(=O)[C@]12C. The Hall–Kier alpha value is -1.65. The molecule has 0 radical (unpaired) electrons. The van der Waals surface area contributed by atoms with E-state index in [2.05, 4.69) is 20.8 Å². The van der Waals surface area contributed by atoms with Crippen LogP contribution in [-0.2, 0) is 23.9 Å². The van der Waals surface area contributed by atoms with Crippen molar-refractivity contribution in [2.24, 2.45) is 34.5 Å². The molecule has 3 saturated carbocycles. The van der Waals surface area contributed by atoms with Crippen LogP contribution >= 0.6 is 0 Å². The third kappa shape index (κ3) is 3.37. The molecule has 178 valence electrons. The van der Waals surface area contributed by atoms with Crippen molar-refractivity contribution in [2.75, 3.05) is 7.11 Å². The Labute approximate surface area is 192 Å². The Morgan fingerprint density at radius 3 is 2.53 bits per heavy atom. The highest BCUT2D eigenvalue weighted by Gasteiger charge is 2.65. The third-order valence-corrected chi connectivity index (χ3v) is 10.1. The largest absolute Gasteiger partial charge is 0.469 e. The van der Waals surface area contributed by atoms with Crippen molar-refractivity contribution in [3.05, 3.63) is 11.6 Å². The number of ketones is 1. The van der Waals surface area contributed by atoms with Gasteiger partial charge in [-0.25, -0.2) is 0 Å². The van der Waals surface area contributed by atoms with Gasteiger partial charge in [0, 0.05) is 24.2 Å². The third-order valence-electron chi connectivity index (χ3n) is 10.1. The number of hydrogen-bond acceptors (Lipinski definition) is 5. The molecule has 32 heavy (non-hydrogen) atoms. The van der Waals surface area contributed by atoms with E-state index in [-0.39, 0.29) is 28.6 Å². The van der Waals surface area contributed by atoms with Crippen LogP contribution in [0.3, 0.4) is 0 Å². The standard InChI is InChI=1S/C27H40O5/c1-17(8-11-24(30)31-5)20-9-10-21-19-12-15-27(32-18(2)28)14-7-6-13-25(27,3)22(19)16-23(29)26(20,21)4/h16-17,19-21H,6-15H2,1-5H3/t17-,19+,20-,21+,25-,26-,27-/m1/s1. The maximum atomic E-state index is 13.8. The first-order valence-corrected chi connectivity index (χ1v) is 12.6. The molecule has 0 saturated heterocycles. The number of carbonyl (C=O) groups excluding carboxylic acids is 3. The van der Waals surface area contributed by atoms with E-state index in [1.807, 2.05) is 6.08 Å². The van der Waals surface area contributed by atoms with E-state index in [9.17, 15) is 14.4 Å². The lowest BCUT2D eigenvalue weighted by atomic mass is 9.46. The van der Waals surface area contributed by atoms with Crippen molar-refractivity contribution in [3.63, 3.8) is 0 Å². The summed E-state index contributed by atoms with van der Waals surface area (Å²) in [4.78, 5) is 37.6. The van der Waals surface area contributed by atoms with E-state index in [1.165, 1.54) is 19.6 Å². The normalized spacial score (nSPS) is 41.6. The van der Waals surface area contributed by atoms with Crippen LogP contribution in [0.1, 0.15) is 91.9 Å². The average Bonchev–Trinajstić information content (AvgIpc) is 3.11. The maximum absolute atomic E-state index is 13.8. The quantitative estimate of drug-likeness (QED) is 0.530. The number of carbonyl (C=O) groups is 3. The second kappa shape index (κ2) is 8.29. The summed E-state index contributed by atoms with van der Waals surface area (Å²) in [6, 6.07) is 0. The van der Waals surface area contributed by atoms with E-state index in [1.54, 1.807) is 0 Å². The summed E-state index contributed by atoms with van der Waals surface area (Å²) in [6.45, 7) is 8.17. The molecule has 0 heterocycles. The molecular formula is C27H40O5. The molecule has 0 bridgehead atoms. The van der Waals surface area contributed by atoms with Crippen molar-refractivity contribution in [1.82, 2.24) is 0 Å². The molecule has 4 aliphatic carbocycles. The van der Waals surface area contributed by atoms with E-state index in [4.69, 9.17) is 9.47 Å². The number of allylic oxidation sites excluding steroid dienone is 1. The van der Waals surface area contributed by atoms with Gasteiger partial charge in [0.15, 0.2) is 5.78 Å². The summed E-state index contributed by atoms with van der Waals surface area (Å²) < 4.78 is 10.9. The summed E-state index contributed by atoms with van der Waals surface area (Å²) in [6.07, 6.45) is 11.2. The molecule has 5 nitrogen and oxygen atoms in total. The van der Waals surface area contributed by atoms with Gasteiger partial charge in [0.1, 0.15) is 5.60 Å². The Kier molecular flexibility index (Phi) is 6.09. The minimum Gasteiger partial charge on any atom is -0.469 e. The van der Waals surface area contributed by atoms with Crippen LogP contribution < -0.4 is 0 Å². The summed E-state index contributed by atoms with van der Waals surface area (Å²) in [5.41, 5.74) is 0.195. The van der Waals surface area contributed by atoms with Crippen LogP contribution in [-0.4, -0.2) is 30.4 Å². The van der Waals surface area contributed by atoms with E-state index in [0.29, 0.717) is 30.1 Å². The van der Waals surface area contributed by atoms with Gasteiger partial charge in [-0.05, 0) is 81.1 Å². The first-order valence-electron chi connectivity index (χ1n) is 12.6. The summed E-state index contributed by atoms with van der Waals surface area (Å²) >= 11 is 0. The number of fused-ring (bicyclic) bond motifs is 5. The number of methoxy groups -OCH3 is 1. The zero-order valence-corrected chi connectivity index (χ0v) is 20.5. The van der Waals surface area contributed by atoms with Gasteiger partial charge in [0.05, 0.1) is 7.11 Å². The molecule has 0 unspecified atom stereocenters. The van der Waals surface area contributed by atoms with Crippen molar-refractivity contribution >= 4 is 17.7 Å². The molecule has 4 rings (SSSR count). The van der Waals surface area contributed by atoms with Crippen LogP contribution in [0.15, 0.2) is 11.6 Å². The fourth-order valence-corrected chi connectivity index (χ4v) is 8.37. The first-order chi connectivity index (χ1) is 15.1. The van der Waals surface area contributed by atoms with Gasteiger partial charge in [-0.1, -0.05) is 32.8 Å². The van der Waals surface area contributed by atoms with E-state index in [0.717, 1.165) is 57.8 Å². The molecule has 0 amide bonds. The number of esters is 2. The highest BCUT2D eigenvalue weighted by atomic mass is 16.6. The van der Waals surface area contributed by atoms with Crippen molar-refractivity contribution < 1.29 is 23.9 Å². The molecule has 0 aromatic heterocycles. The minimum atomic E-state index is -0.459. The van der Waals surface area contributed by atoms with E-state index < -0.39 is 5.60 Å². The maximum Gasteiger partial charge on any atom is 0.305 e. The molecule has 0 N–H and O–H groups in total. The molecule has 0 aromatic carbocycles. The van der Waals surface area contributed by atoms with Gasteiger partial charge < -0.3 is 9.47 Å². The monoisotopic (exact) mass is 444 g/mol. The summed E-state index contributed by atoms with van der Waals surface area (Å²) in [5.74, 6) is 1.21. The molecule has 5 heteroatoms. The van der Waals surface area contributed by atoms with Crippen molar-refractivity contribution in [3.8, 4) is 0 Å². The van der Waals surface area contributed by atoms with Gasteiger partial charge in [-0.3, -0.25) is 14.4 Å². The van der Waals surface area contributed by atoms with Gasteiger partial charge in [-0.2, -0.15) is 0 Å². The summed E-state index contributed by atoms with van der Waals surface area (Å²) in [7, 11) is 1.43. The lowest BCUT2D eigenvalue weighted by Crippen LogP contribution is -2.60. The molecular weight excluding hydrogens is 404 g/mol. The predicted octanol–water partition coefficient (Wildman–Crippen LogP) is 5.41. The topological polar surface area (TPSA) is 69.7 Å². The van der Waals surface area contributed by atoms with Gasteiger partial charge in [0.25, 0.3) is 0 Å². The van der Waals surface area contributed by atoms with Crippen LogP contribution in [0, 0.1) is 34.5 Å². The average molecular weight is 445 g/mol. The van der Waals surface area contributed by atoms with Crippen LogP contribution in [0.25, 0.3) is 0 Å². The second-order valence-electron chi connectivity index (χ2n) is 11.4. The Balaban J connectivity index is 1.66. The Morgan fingerprint density at radius 1 is 1.12 bits per heavy atom. The van der Waals surface area contributed by atoms with E-state index >= 15 is 0 Å². The molecule has 4 aliphatic rings. The number of ether oxygens (including phenoxy) is 2. The van der Waals surface area contributed by atoms with Crippen molar-refractivity contribution in [2.45, 2.75) is 97.5 Å². The van der Waals surface area contributed by atoms with Crippen LogP contribution in [0.4, 0.5) is 0 Å². The zero-order chi connectivity index (χ0) is 23.3. The zero-order valence-electron chi connectivity index (χ0n) is 20.5. The Bertz CT molecular complexity index is 830. The van der Waals surface area contributed by atoms with Crippen molar-refractivity contribution in [1.29, 1.82) is 0 Å². The molecule has 3 fully saturated rings. The summed E-state index contributed by atoms with van der Waals surface area (Å²) in [5, 5.41) is 0. The minimum absolute atomic E-state index is 0.173. The highest BCUT2D eigenvalue weighted by molar-refractivity contribution is 5.97. The molecule has 0 spiro atoms. The predicted molar refractivity (Wildman–Crippen MR) is 122 cm³/mol. The lowest BCUT2D eigenvalue weighted by Gasteiger charge is -2.60. The number of rotatable bonds is 5. The molecule has 0 aliphatic heterocycles. The van der Waals surface area contributed by atoms with Gasteiger partial charge >= 0.3 is 11.9 Å². The fourth-order valence-electron chi connectivity index (χ4n) is 8.37. The van der Waals surface area contributed by atoms with Gasteiger partial charge in [-0.15, -0.1) is 0 Å². The lowest BCUT2D eigenvalue weighted by molar-refractivity contribution is -0.187. The second-order valence-corrected chi connectivity index (χ2v) is 11.4. The molecule has 7 atom stereocenters.